The molecule has 1 aliphatic heterocycles. The van der Waals surface area contributed by atoms with Crippen LogP contribution in [0.4, 0.5) is 10.5 Å². The molecule has 1 aliphatic rings. The van der Waals surface area contributed by atoms with Crippen molar-refractivity contribution in [2.24, 2.45) is 0 Å². The molecule has 0 bridgehead atoms. The second-order valence-corrected chi connectivity index (χ2v) is 8.24. The summed E-state index contributed by atoms with van der Waals surface area (Å²) in [4.78, 5) is 24.0. The Kier molecular flexibility index (Phi) is 6.87. The predicted molar refractivity (Wildman–Crippen MR) is 122 cm³/mol. The lowest BCUT2D eigenvalue weighted by Gasteiger charge is -2.38. The van der Waals surface area contributed by atoms with Gasteiger partial charge in [-0.05, 0) is 49.7 Å². The van der Waals surface area contributed by atoms with Gasteiger partial charge in [-0.25, -0.2) is 9.78 Å². The number of rotatable bonds is 6. The molecule has 0 aliphatic carbocycles. The molecule has 3 heterocycles. The summed E-state index contributed by atoms with van der Waals surface area (Å²) in [6, 6.07) is 10.5. The Bertz CT molecular complexity index is 1040. The van der Waals surface area contributed by atoms with Gasteiger partial charge >= 0.3 is 6.03 Å². The van der Waals surface area contributed by atoms with Crippen LogP contribution in [0.25, 0.3) is 0 Å². The van der Waals surface area contributed by atoms with E-state index in [9.17, 15) is 4.79 Å². The monoisotopic (exact) mass is 455 g/mol. The fourth-order valence-electron chi connectivity index (χ4n) is 3.90. The van der Waals surface area contributed by atoms with Gasteiger partial charge < -0.3 is 15.4 Å². The molecule has 0 unspecified atom stereocenters. The topological polar surface area (TPSA) is 108 Å². The molecule has 1 fully saturated rings. The van der Waals surface area contributed by atoms with E-state index in [1.807, 2.05) is 19.1 Å². The number of pyridine rings is 1. The summed E-state index contributed by atoms with van der Waals surface area (Å²) >= 11 is 5.93. The van der Waals surface area contributed by atoms with Gasteiger partial charge in [-0.15, -0.1) is 0 Å². The highest BCUT2D eigenvalue weighted by molar-refractivity contribution is 6.30. The molecule has 0 spiro atoms. The van der Waals surface area contributed by atoms with E-state index in [-0.39, 0.29) is 18.0 Å². The van der Waals surface area contributed by atoms with Crippen LogP contribution in [0.2, 0.25) is 5.02 Å². The number of piperidine rings is 1. The van der Waals surface area contributed by atoms with Crippen LogP contribution >= 0.6 is 11.6 Å². The first-order valence-corrected chi connectivity index (χ1v) is 10.8. The first-order chi connectivity index (χ1) is 15.5. The third-order valence-corrected chi connectivity index (χ3v) is 5.75. The van der Waals surface area contributed by atoms with Crippen molar-refractivity contribution in [3.63, 3.8) is 0 Å². The standard InChI is InChI=1S/C22H26ClN7O2/c1-14-25-21(29-28-14)13-30-10-9-20(18(12-30)19-8-7-17(32-2)11-24-19)27-22(31)26-16-5-3-15(23)4-6-16/h3-8,11,18,20H,9-10,12-13H2,1-2H3,(H,25,28,29)(H2,26,27,31)/t18-,20+/m0/s1. The van der Waals surface area contributed by atoms with E-state index in [1.165, 1.54) is 0 Å². The average Bonchev–Trinajstić information content (AvgIpc) is 3.21. The third-order valence-electron chi connectivity index (χ3n) is 5.50. The molecule has 0 radical (unpaired) electrons. The molecule has 2 aromatic heterocycles. The van der Waals surface area contributed by atoms with E-state index >= 15 is 0 Å². The smallest absolute Gasteiger partial charge is 0.319 e. The number of benzene rings is 1. The molecule has 9 nitrogen and oxygen atoms in total. The average molecular weight is 456 g/mol. The van der Waals surface area contributed by atoms with Gasteiger partial charge in [0.05, 0.1) is 19.9 Å². The minimum Gasteiger partial charge on any atom is -0.495 e. The number of aromatic amines is 1. The van der Waals surface area contributed by atoms with Crippen LogP contribution < -0.4 is 15.4 Å². The number of amides is 2. The Morgan fingerprint density at radius 2 is 2.09 bits per heavy atom. The van der Waals surface area contributed by atoms with Crippen molar-refractivity contribution in [3.8, 4) is 5.75 Å². The number of carbonyl (C=O) groups excluding carboxylic acids is 1. The molecule has 1 saturated heterocycles. The van der Waals surface area contributed by atoms with Crippen LogP contribution in [0.15, 0.2) is 42.6 Å². The molecule has 3 aromatic rings. The van der Waals surface area contributed by atoms with Crippen LogP contribution in [-0.2, 0) is 6.54 Å². The third kappa shape index (κ3) is 5.54. The lowest BCUT2D eigenvalue weighted by Crippen LogP contribution is -2.50. The number of anilines is 1. The van der Waals surface area contributed by atoms with Crippen molar-refractivity contribution in [3.05, 3.63) is 65.0 Å². The van der Waals surface area contributed by atoms with Crippen LogP contribution in [0.1, 0.15) is 29.7 Å². The van der Waals surface area contributed by atoms with Crippen molar-refractivity contribution in [2.45, 2.75) is 31.8 Å². The Labute approximate surface area is 191 Å². The van der Waals surface area contributed by atoms with Crippen molar-refractivity contribution >= 4 is 23.3 Å². The zero-order valence-electron chi connectivity index (χ0n) is 18.0. The maximum atomic E-state index is 12.7. The number of aromatic nitrogens is 4. The number of likely N-dealkylation sites (tertiary alicyclic amines) is 1. The summed E-state index contributed by atoms with van der Waals surface area (Å²) in [5.41, 5.74) is 1.59. The zero-order chi connectivity index (χ0) is 22.5. The fourth-order valence-corrected chi connectivity index (χ4v) is 4.02. The van der Waals surface area contributed by atoms with Gasteiger partial charge in [0.15, 0.2) is 5.82 Å². The number of hydrogen-bond donors (Lipinski definition) is 3. The van der Waals surface area contributed by atoms with Crippen LogP contribution in [-0.4, -0.2) is 57.3 Å². The van der Waals surface area contributed by atoms with Gasteiger partial charge in [0.1, 0.15) is 11.6 Å². The van der Waals surface area contributed by atoms with Crippen molar-refractivity contribution in [1.82, 2.24) is 30.4 Å². The number of carbonyl (C=O) groups is 1. The maximum Gasteiger partial charge on any atom is 0.319 e. The molecule has 4 rings (SSSR count). The number of nitrogens with one attached hydrogen (secondary N) is 3. The molecule has 3 N–H and O–H groups in total. The van der Waals surface area contributed by atoms with Gasteiger partial charge in [-0.1, -0.05) is 11.6 Å². The normalized spacial score (nSPS) is 18.8. The van der Waals surface area contributed by atoms with Crippen molar-refractivity contribution < 1.29 is 9.53 Å². The van der Waals surface area contributed by atoms with Crippen LogP contribution in [0.3, 0.4) is 0 Å². The molecule has 10 heteroatoms. The van der Waals surface area contributed by atoms with Crippen LogP contribution in [0.5, 0.6) is 5.75 Å². The first kappa shape index (κ1) is 22.0. The van der Waals surface area contributed by atoms with Gasteiger partial charge in [0.2, 0.25) is 0 Å². The maximum absolute atomic E-state index is 12.7. The number of urea groups is 1. The summed E-state index contributed by atoms with van der Waals surface area (Å²) in [6.45, 7) is 4.06. The number of hydrogen-bond acceptors (Lipinski definition) is 6. The highest BCUT2D eigenvalue weighted by Crippen LogP contribution is 2.28. The van der Waals surface area contributed by atoms with Gasteiger partial charge in [0.25, 0.3) is 0 Å². The highest BCUT2D eigenvalue weighted by atomic mass is 35.5. The lowest BCUT2D eigenvalue weighted by atomic mass is 9.88. The second kappa shape index (κ2) is 9.97. The summed E-state index contributed by atoms with van der Waals surface area (Å²) < 4.78 is 5.24. The van der Waals surface area contributed by atoms with Gasteiger partial charge in [-0.3, -0.25) is 15.0 Å². The Hall–Kier alpha value is -3.17. The quantitative estimate of drug-likeness (QED) is 0.526. The summed E-state index contributed by atoms with van der Waals surface area (Å²) in [5.74, 6) is 2.26. The van der Waals surface area contributed by atoms with E-state index in [2.05, 4.69) is 35.7 Å². The summed E-state index contributed by atoms with van der Waals surface area (Å²) in [5, 5.41) is 13.8. The molecule has 1 aromatic carbocycles. The Balaban J connectivity index is 1.47. The first-order valence-electron chi connectivity index (χ1n) is 10.4. The number of nitrogens with zero attached hydrogens (tertiary/aromatic N) is 4. The molecule has 32 heavy (non-hydrogen) atoms. The van der Waals surface area contributed by atoms with Crippen molar-refractivity contribution in [1.29, 1.82) is 0 Å². The molecule has 2 atom stereocenters. The minimum absolute atomic E-state index is 0.00524. The number of H-pyrrole nitrogens is 1. The Morgan fingerprint density at radius 3 is 2.75 bits per heavy atom. The number of halogens is 1. The van der Waals surface area contributed by atoms with E-state index in [4.69, 9.17) is 16.3 Å². The molecular formula is C22H26ClN7O2. The van der Waals surface area contributed by atoms with E-state index < -0.39 is 0 Å². The predicted octanol–water partition coefficient (Wildman–Crippen LogP) is 3.35. The largest absolute Gasteiger partial charge is 0.495 e. The summed E-state index contributed by atoms with van der Waals surface area (Å²) in [7, 11) is 1.61. The van der Waals surface area contributed by atoms with Crippen molar-refractivity contribution in [2.75, 3.05) is 25.5 Å². The molecule has 0 saturated carbocycles. The zero-order valence-corrected chi connectivity index (χ0v) is 18.8. The van der Waals surface area contributed by atoms with Gasteiger partial charge in [0, 0.05) is 41.5 Å². The number of methoxy groups -OCH3 is 1. The molecule has 168 valence electrons. The summed E-state index contributed by atoms with van der Waals surface area (Å²) in [6.07, 6.45) is 2.48. The lowest BCUT2D eigenvalue weighted by molar-refractivity contribution is 0.164. The highest BCUT2D eigenvalue weighted by Gasteiger charge is 2.33. The molecule has 2 amide bonds. The molecular weight excluding hydrogens is 430 g/mol. The van der Waals surface area contributed by atoms with E-state index in [0.717, 1.165) is 36.9 Å². The fraction of sp³-hybridized carbons (Fsp3) is 0.364. The second-order valence-electron chi connectivity index (χ2n) is 7.80. The number of aryl methyl sites for hydroxylation is 1. The SMILES string of the molecule is COc1ccc([C@@H]2CN(Cc3n[nH]c(C)n3)CC[C@H]2NC(=O)Nc2ccc(Cl)cc2)nc1. The van der Waals surface area contributed by atoms with Gasteiger partial charge in [-0.2, -0.15) is 5.10 Å². The van der Waals surface area contributed by atoms with Crippen LogP contribution in [0, 0.1) is 6.92 Å². The van der Waals surface area contributed by atoms with E-state index in [0.29, 0.717) is 23.0 Å². The minimum atomic E-state index is -0.256. The Morgan fingerprint density at radius 1 is 1.28 bits per heavy atom. The van der Waals surface area contributed by atoms with E-state index in [1.54, 1.807) is 37.6 Å². The number of ether oxygens (including phenoxy) is 1.